The quantitative estimate of drug-likeness (QED) is 0.554. The lowest BCUT2D eigenvalue weighted by Gasteiger charge is -2.05. The van der Waals surface area contributed by atoms with Crippen molar-refractivity contribution in [1.82, 2.24) is 0 Å². The monoisotopic (exact) mass is 308 g/mol. The third-order valence-corrected chi connectivity index (χ3v) is 2.52. The summed E-state index contributed by atoms with van der Waals surface area (Å²) in [5, 5.41) is 0. The molecule has 0 aliphatic carbocycles. The molecule has 1 nitrogen and oxygen atoms in total. The van der Waals surface area contributed by atoms with Crippen molar-refractivity contribution in [3.63, 3.8) is 0 Å². The molecular weight excluding hydrogens is 275 g/mol. The standard InChI is InChI=1S/C9H10O.C6H11F.C5H12/c1-7-3-5-9(6-4-7)8(2)10;1-3-6(4-2)5-7;1-5(2,3)4/h3-6H,1-2H3;5H,3-4H2,1-2H3;1-4H3. The van der Waals surface area contributed by atoms with Crippen LogP contribution in [0.2, 0.25) is 0 Å². The first kappa shape index (κ1) is 22.8. The van der Waals surface area contributed by atoms with E-state index < -0.39 is 0 Å². The number of aryl methyl sites for hydroxylation is 1. The summed E-state index contributed by atoms with van der Waals surface area (Å²) in [6.07, 6.45) is 2.38. The maximum Gasteiger partial charge on any atom is 0.159 e. The first-order valence-corrected chi connectivity index (χ1v) is 7.90. The summed E-state index contributed by atoms with van der Waals surface area (Å²) in [6.45, 7) is 16.2. The third kappa shape index (κ3) is 16.6. The molecule has 0 N–H and O–H groups in total. The normalized spacial score (nSPS) is 9.68. The Bertz CT molecular complexity index is 424. The second-order valence-corrected chi connectivity index (χ2v) is 6.90. The minimum atomic E-state index is 0.125. The third-order valence-electron chi connectivity index (χ3n) is 2.52. The van der Waals surface area contributed by atoms with E-state index in [4.69, 9.17) is 0 Å². The average Bonchev–Trinajstić information content (AvgIpc) is 2.40. The van der Waals surface area contributed by atoms with Crippen LogP contribution in [0.5, 0.6) is 0 Å². The molecule has 126 valence electrons. The van der Waals surface area contributed by atoms with E-state index in [-0.39, 0.29) is 5.78 Å². The first-order valence-electron chi connectivity index (χ1n) is 7.90. The summed E-state index contributed by atoms with van der Waals surface area (Å²) in [5.41, 5.74) is 3.36. The highest BCUT2D eigenvalue weighted by molar-refractivity contribution is 5.93. The lowest BCUT2D eigenvalue weighted by atomic mass is 10.0. The number of allylic oxidation sites excluding steroid dienone is 1. The van der Waals surface area contributed by atoms with Crippen molar-refractivity contribution in [2.75, 3.05) is 0 Å². The minimum absolute atomic E-state index is 0.125. The number of hydrogen-bond acceptors (Lipinski definition) is 1. The summed E-state index contributed by atoms with van der Waals surface area (Å²) in [4.78, 5) is 10.8. The average molecular weight is 308 g/mol. The second kappa shape index (κ2) is 12.1. The molecule has 1 rings (SSSR count). The zero-order valence-corrected chi connectivity index (χ0v) is 15.6. The Balaban J connectivity index is 0. The van der Waals surface area contributed by atoms with Crippen molar-refractivity contribution < 1.29 is 9.18 Å². The molecule has 22 heavy (non-hydrogen) atoms. The largest absolute Gasteiger partial charge is 0.295 e. The second-order valence-electron chi connectivity index (χ2n) is 6.90. The Hall–Kier alpha value is -1.44. The Morgan fingerprint density at radius 3 is 1.59 bits per heavy atom. The van der Waals surface area contributed by atoms with Crippen LogP contribution in [0, 0.1) is 12.3 Å². The van der Waals surface area contributed by atoms with Gasteiger partial charge in [-0.3, -0.25) is 4.79 Å². The van der Waals surface area contributed by atoms with Gasteiger partial charge in [0.15, 0.2) is 5.78 Å². The maximum atomic E-state index is 11.5. The Labute approximate surface area is 136 Å². The molecule has 0 saturated heterocycles. The molecular formula is C20H33FO. The zero-order chi connectivity index (χ0) is 17.8. The van der Waals surface area contributed by atoms with E-state index in [2.05, 4.69) is 27.7 Å². The van der Waals surface area contributed by atoms with Crippen LogP contribution in [0.25, 0.3) is 0 Å². The molecule has 0 saturated carbocycles. The van der Waals surface area contributed by atoms with Gasteiger partial charge in [-0.05, 0) is 37.7 Å². The van der Waals surface area contributed by atoms with Crippen molar-refractivity contribution in [2.45, 2.75) is 68.2 Å². The van der Waals surface area contributed by atoms with Gasteiger partial charge in [0.1, 0.15) is 0 Å². The Morgan fingerprint density at radius 1 is 1.05 bits per heavy atom. The van der Waals surface area contributed by atoms with Crippen molar-refractivity contribution in [2.24, 2.45) is 5.41 Å². The topological polar surface area (TPSA) is 17.1 Å². The van der Waals surface area contributed by atoms with Gasteiger partial charge in [-0.2, -0.15) is 0 Å². The van der Waals surface area contributed by atoms with Crippen LogP contribution in [0.4, 0.5) is 4.39 Å². The Morgan fingerprint density at radius 2 is 1.41 bits per heavy atom. The minimum Gasteiger partial charge on any atom is -0.295 e. The van der Waals surface area contributed by atoms with Crippen LogP contribution in [0.3, 0.4) is 0 Å². The number of carbonyl (C=O) groups is 1. The molecule has 0 radical (unpaired) electrons. The molecule has 0 unspecified atom stereocenters. The molecule has 0 atom stereocenters. The molecule has 0 spiro atoms. The van der Waals surface area contributed by atoms with Crippen LogP contribution < -0.4 is 0 Å². The molecule has 2 heteroatoms. The fourth-order valence-corrected chi connectivity index (χ4v) is 1.19. The highest BCUT2D eigenvalue weighted by atomic mass is 19.1. The summed E-state index contributed by atoms with van der Waals surface area (Å²) in [5.74, 6) is 0.125. The molecule has 1 aromatic carbocycles. The lowest BCUT2D eigenvalue weighted by Crippen LogP contribution is -1.93. The predicted molar refractivity (Wildman–Crippen MR) is 96.1 cm³/mol. The number of rotatable bonds is 3. The van der Waals surface area contributed by atoms with Crippen molar-refractivity contribution in [1.29, 1.82) is 0 Å². The van der Waals surface area contributed by atoms with E-state index in [0.717, 1.165) is 24.0 Å². The van der Waals surface area contributed by atoms with Crippen LogP contribution in [0.15, 0.2) is 36.2 Å². The molecule has 0 aliphatic rings. The van der Waals surface area contributed by atoms with Gasteiger partial charge >= 0.3 is 0 Å². The molecule has 0 aromatic heterocycles. The number of carbonyl (C=O) groups excluding carboxylic acids is 1. The van der Waals surface area contributed by atoms with E-state index in [1.54, 1.807) is 6.92 Å². The number of hydrogen-bond donors (Lipinski definition) is 0. The Kier molecular flexibility index (Phi) is 12.6. The van der Waals surface area contributed by atoms with Gasteiger partial charge in [0.25, 0.3) is 0 Å². The van der Waals surface area contributed by atoms with Gasteiger partial charge in [0, 0.05) is 5.56 Å². The summed E-state index contributed by atoms with van der Waals surface area (Å²) in [7, 11) is 0. The molecule has 0 amide bonds. The van der Waals surface area contributed by atoms with Gasteiger partial charge < -0.3 is 0 Å². The smallest absolute Gasteiger partial charge is 0.159 e. The fraction of sp³-hybridized carbons (Fsp3) is 0.550. The molecule has 0 aliphatic heterocycles. The van der Waals surface area contributed by atoms with Crippen molar-refractivity contribution >= 4 is 5.78 Å². The van der Waals surface area contributed by atoms with Crippen LogP contribution in [-0.2, 0) is 0 Å². The zero-order valence-electron chi connectivity index (χ0n) is 15.6. The predicted octanol–water partition coefficient (Wildman–Crippen LogP) is 6.91. The molecule has 0 heterocycles. The summed E-state index contributed by atoms with van der Waals surface area (Å²) >= 11 is 0. The van der Waals surface area contributed by atoms with Gasteiger partial charge in [0.05, 0.1) is 6.33 Å². The van der Waals surface area contributed by atoms with Gasteiger partial charge in [-0.15, -0.1) is 0 Å². The number of Topliss-reactive ketones (excluding diaryl/α,β-unsaturated/α-hetero) is 1. The van der Waals surface area contributed by atoms with Gasteiger partial charge in [-0.1, -0.05) is 71.4 Å². The van der Waals surface area contributed by atoms with E-state index in [1.165, 1.54) is 5.56 Å². The highest BCUT2D eigenvalue weighted by Gasteiger charge is 1.96. The molecule has 1 aromatic rings. The first-order chi connectivity index (χ1) is 10.0. The number of ketones is 1. The van der Waals surface area contributed by atoms with Crippen LogP contribution in [-0.4, -0.2) is 5.78 Å². The highest BCUT2D eigenvalue weighted by Crippen LogP contribution is 2.08. The van der Waals surface area contributed by atoms with E-state index >= 15 is 0 Å². The summed E-state index contributed by atoms with van der Waals surface area (Å²) < 4.78 is 11.5. The fourth-order valence-electron chi connectivity index (χ4n) is 1.19. The molecule has 0 fully saturated rings. The van der Waals surface area contributed by atoms with E-state index in [1.807, 2.05) is 45.0 Å². The van der Waals surface area contributed by atoms with E-state index in [9.17, 15) is 9.18 Å². The maximum absolute atomic E-state index is 11.5. The van der Waals surface area contributed by atoms with Crippen LogP contribution >= 0.6 is 0 Å². The number of benzene rings is 1. The van der Waals surface area contributed by atoms with Gasteiger partial charge in [0.2, 0.25) is 0 Å². The van der Waals surface area contributed by atoms with E-state index in [0.29, 0.717) is 11.7 Å². The SMILES string of the molecule is CC(=O)c1ccc(C)cc1.CC(C)(C)C.CCC(=CF)CC. The lowest BCUT2D eigenvalue weighted by molar-refractivity contribution is 0.101. The van der Waals surface area contributed by atoms with Crippen LogP contribution in [0.1, 0.15) is 77.2 Å². The van der Waals surface area contributed by atoms with Crippen molar-refractivity contribution in [3.05, 3.63) is 47.3 Å². The van der Waals surface area contributed by atoms with Crippen molar-refractivity contribution in [3.8, 4) is 0 Å². The molecule has 0 bridgehead atoms. The summed E-state index contributed by atoms with van der Waals surface area (Å²) in [6, 6.07) is 7.57. The van der Waals surface area contributed by atoms with Gasteiger partial charge in [-0.25, -0.2) is 4.39 Å². The number of halogens is 1.